The van der Waals surface area contributed by atoms with Gasteiger partial charge in [0.2, 0.25) is 0 Å². The van der Waals surface area contributed by atoms with Crippen molar-refractivity contribution in [3.8, 4) is 0 Å². The lowest BCUT2D eigenvalue weighted by molar-refractivity contribution is -0.867. The van der Waals surface area contributed by atoms with E-state index < -0.39 is 9.84 Å². The minimum atomic E-state index is -2.77. The molecule has 0 aliphatic rings. The molecule has 0 bridgehead atoms. The highest BCUT2D eigenvalue weighted by Crippen LogP contribution is 1.91. The predicted molar refractivity (Wildman–Crippen MR) is 42.6 cm³/mol. The average molecular weight is 166 g/mol. The van der Waals surface area contributed by atoms with Crippen molar-refractivity contribution in [3.63, 3.8) is 0 Å². The van der Waals surface area contributed by atoms with Crippen LogP contribution >= 0.6 is 0 Å². The molecule has 0 radical (unpaired) electrons. The molecular weight excluding hydrogens is 150 g/mol. The molecule has 0 heterocycles. The summed E-state index contributed by atoms with van der Waals surface area (Å²) in [7, 11) is 3.16. The third-order valence-corrected chi connectivity index (χ3v) is 2.06. The van der Waals surface area contributed by atoms with Crippen LogP contribution in [-0.2, 0) is 9.84 Å². The Hall–Kier alpha value is -0.0900. The average Bonchev–Trinajstić information content (AvgIpc) is 1.57. The number of hydrogen-bond donors (Lipinski definition) is 0. The second-order valence-electron chi connectivity index (χ2n) is 3.64. The van der Waals surface area contributed by atoms with Gasteiger partial charge in [-0.05, 0) is 0 Å². The van der Waals surface area contributed by atoms with E-state index in [2.05, 4.69) is 0 Å². The number of nitrogens with zero attached hydrogens (tertiary/aromatic N) is 1. The lowest BCUT2D eigenvalue weighted by atomic mass is 10.6. The van der Waals surface area contributed by atoms with E-state index in [9.17, 15) is 8.42 Å². The summed E-state index contributed by atoms with van der Waals surface area (Å²) < 4.78 is 22.0. The summed E-state index contributed by atoms with van der Waals surface area (Å²) >= 11 is 0. The summed E-state index contributed by atoms with van der Waals surface area (Å²) in [5.74, 6) is 0.274. The molecule has 0 N–H and O–H groups in total. The van der Waals surface area contributed by atoms with Crippen LogP contribution in [0.25, 0.3) is 0 Å². The largest absolute Gasteiger partial charge is 0.330 e. The van der Waals surface area contributed by atoms with Crippen LogP contribution in [0.5, 0.6) is 0 Å². The Bertz CT molecular complexity index is 188. The van der Waals surface area contributed by atoms with Gasteiger partial charge in [-0.25, -0.2) is 8.42 Å². The molecule has 0 aromatic carbocycles. The Kier molecular flexibility index (Phi) is 2.86. The highest BCUT2D eigenvalue weighted by molar-refractivity contribution is 7.90. The van der Waals surface area contributed by atoms with Crippen LogP contribution < -0.4 is 0 Å². The van der Waals surface area contributed by atoms with E-state index in [4.69, 9.17) is 0 Å². The first-order valence-electron chi connectivity index (χ1n) is 3.19. The maximum Gasteiger partial charge on any atom is 0.152 e. The normalized spacial score (nSPS) is 13.6. The zero-order valence-corrected chi connectivity index (χ0v) is 7.90. The Morgan fingerprint density at radius 1 is 1.20 bits per heavy atom. The van der Waals surface area contributed by atoms with E-state index in [0.717, 1.165) is 0 Å². The van der Waals surface area contributed by atoms with Crippen molar-refractivity contribution in [1.82, 2.24) is 0 Å². The zero-order chi connectivity index (χ0) is 8.41. The number of rotatable bonds is 3. The first-order chi connectivity index (χ1) is 4.21. The Morgan fingerprint density at radius 2 is 1.60 bits per heavy atom. The van der Waals surface area contributed by atoms with E-state index in [-0.39, 0.29) is 5.75 Å². The van der Waals surface area contributed by atoms with E-state index in [1.807, 2.05) is 21.1 Å². The maximum absolute atomic E-state index is 10.7. The molecule has 0 unspecified atom stereocenters. The molecule has 0 aliphatic heterocycles. The Labute approximate surface area is 63.2 Å². The molecule has 0 aromatic rings. The highest BCUT2D eigenvalue weighted by Gasteiger charge is 2.11. The summed E-state index contributed by atoms with van der Waals surface area (Å²) in [6.07, 6.45) is 1.27. The predicted octanol–water partition coefficient (Wildman–Crippen LogP) is -0.263. The fourth-order valence-corrected chi connectivity index (χ4v) is 1.32. The molecule has 10 heavy (non-hydrogen) atoms. The van der Waals surface area contributed by atoms with Gasteiger partial charge in [-0.15, -0.1) is 0 Å². The van der Waals surface area contributed by atoms with Crippen molar-refractivity contribution in [2.45, 2.75) is 0 Å². The molecule has 0 atom stereocenters. The van der Waals surface area contributed by atoms with Gasteiger partial charge in [0, 0.05) is 6.26 Å². The standard InChI is InChI=1S/C6H16NO2S/c1-7(2,3)5-6-10(4,8)9/h5-6H2,1-4H3/q+1. The number of sulfone groups is 1. The van der Waals surface area contributed by atoms with Crippen LogP contribution in [0.4, 0.5) is 0 Å². The van der Waals surface area contributed by atoms with Crippen LogP contribution in [0.1, 0.15) is 0 Å². The van der Waals surface area contributed by atoms with Crippen molar-refractivity contribution in [1.29, 1.82) is 0 Å². The molecule has 0 spiro atoms. The highest BCUT2D eigenvalue weighted by atomic mass is 32.2. The first-order valence-corrected chi connectivity index (χ1v) is 5.25. The van der Waals surface area contributed by atoms with Crippen LogP contribution in [-0.4, -0.2) is 52.6 Å². The van der Waals surface area contributed by atoms with E-state index in [1.165, 1.54) is 6.26 Å². The number of quaternary nitrogens is 1. The summed E-state index contributed by atoms with van der Waals surface area (Å²) in [5.41, 5.74) is 0. The third kappa shape index (κ3) is 7.91. The second-order valence-corrected chi connectivity index (χ2v) is 5.90. The number of hydrogen-bond acceptors (Lipinski definition) is 2. The van der Waals surface area contributed by atoms with Crippen LogP contribution in [0.2, 0.25) is 0 Å². The minimum absolute atomic E-state index is 0.274. The Morgan fingerprint density at radius 3 is 1.70 bits per heavy atom. The van der Waals surface area contributed by atoms with Crippen LogP contribution in [0, 0.1) is 0 Å². The van der Waals surface area contributed by atoms with Gasteiger partial charge in [0.1, 0.15) is 0 Å². The van der Waals surface area contributed by atoms with Gasteiger partial charge >= 0.3 is 0 Å². The first kappa shape index (κ1) is 9.91. The quantitative estimate of drug-likeness (QED) is 0.541. The molecule has 0 saturated heterocycles. The summed E-state index contributed by atoms with van der Waals surface area (Å²) in [6, 6.07) is 0. The molecule has 4 heteroatoms. The van der Waals surface area contributed by atoms with Gasteiger partial charge in [-0.1, -0.05) is 0 Å². The lowest BCUT2D eigenvalue weighted by Crippen LogP contribution is -2.38. The summed E-state index contributed by atoms with van der Waals surface area (Å²) in [6.45, 7) is 0.679. The molecule has 0 aliphatic carbocycles. The minimum Gasteiger partial charge on any atom is -0.330 e. The second kappa shape index (κ2) is 2.88. The SMILES string of the molecule is C[N+](C)(C)CCS(C)(=O)=O. The molecule has 3 nitrogen and oxygen atoms in total. The van der Waals surface area contributed by atoms with Crippen molar-refractivity contribution in [2.24, 2.45) is 0 Å². The molecule has 0 rings (SSSR count). The zero-order valence-electron chi connectivity index (χ0n) is 7.09. The van der Waals surface area contributed by atoms with Gasteiger partial charge in [-0.2, -0.15) is 0 Å². The maximum atomic E-state index is 10.7. The molecule has 0 amide bonds. The van der Waals surface area contributed by atoms with Crippen LogP contribution in [0.15, 0.2) is 0 Å². The van der Waals surface area contributed by atoms with E-state index in [0.29, 0.717) is 11.0 Å². The Balaban J connectivity index is 3.79. The van der Waals surface area contributed by atoms with Gasteiger partial charge in [0.05, 0.1) is 33.4 Å². The van der Waals surface area contributed by atoms with Crippen molar-refractivity contribution in [2.75, 3.05) is 39.7 Å². The van der Waals surface area contributed by atoms with Crippen molar-refractivity contribution >= 4 is 9.84 Å². The van der Waals surface area contributed by atoms with Crippen molar-refractivity contribution < 1.29 is 12.9 Å². The van der Waals surface area contributed by atoms with Gasteiger partial charge in [0.25, 0.3) is 0 Å². The topological polar surface area (TPSA) is 34.1 Å². The van der Waals surface area contributed by atoms with Crippen LogP contribution in [0.3, 0.4) is 0 Å². The monoisotopic (exact) mass is 166 g/mol. The molecule has 62 valence electrons. The van der Waals surface area contributed by atoms with Gasteiger partial charge in [0.15, 0.2) is 9.84 Å². The molecule has 0 aromatic heterocycles. The fraction of sp³-hybridized carbons (Fsp3) is 1.00. The smallest absolute Gasteiger partial charge is 0.152 e. The third-order valence-electron chi connectivity index (χ3n) is 1.13. The fourth-order valence-electron chi connectivity index (χ4n) is 0.440. The molecular formula is C6H16NO2S+. The summed E-state index contributed by atoms with van der Waals surface area (Å²) in [4.78, 5) is 0. The van der Waals surface area contributed by atoms with Gasteiger partial charge < -0.3 is 4.48 Å². The molecule has 0 fully saturated rings. The lowest BCUT2D eigenvalue weighted by Gasteiger charge is -2.22. The van der Waals surface area contributed by atoms with E-state index in [1.54, 1.807) is 0 Å². The summed E-state index contributed by atoms with van der Waals surface area (Å²) in [5, 5.41) is 0. The van der Waals surface area contributed by atoms with Crippen molar-refractivity contribution in [3.05, 3.63) is 0 Å². The van der Waals surface area contributed by atoms with E-state index >= 15 is 0 Å². The molecule has 0 saturated carbocycles. The van der Waals surface area contributed by atoms with Gasteiger partial charge in [-0.3, -0.25) is 0 Å².